The van der Waals surface area contributed by atoms with Crippen LogP contribution in [0.15, 0.2) is 0 Å². The summed E-state index contributed by atoms with van der Waals surface area (Å²) in [6, 6.07) is 3.21. The molecule has 0 aromatic rings. The molecular weight excluding hydrogens is 426 g/mol. The third kappa shape index (κ3) is 27.9. The first kappa shape index (κ1) is 28.8. The van der Waals surface area contributed by atoms with E-state index < -0.39 is 13.4 Å². The van der Waals surface area contributed by atoms with Crippen LogP contribution in [0.25, 0.3) is 0 Å². The molecule has 0 aliphatic carbocycles. The van der Waals surface area contributed by atoms with Crippen molar-refractivity contribution in [2.45, 2.75) is 123 Å². The second-order valence-corrected chi connectivity index (χ2v) is 23.2. The van der Waals surface area contributed by atoms with Crippen molar-refractivity contribution in [2.24, 2.45) is 0 Å². The topological polar surface area (TPSA) is 0 Å². The van der Waals surface area contributed by atoms with Crippen LogP contribution in [-0.4, -0.2) is 13.4 Å². The van der Waals surface area contributed by atoms with Gasteiger partial charge >= 0.3 is 0 Å². The highest BCUT2D eigenvalue weighted by Crippen LogP contribution is 2.29. The van der Waals surface area contributed by atoms with Crippen LogP contribution in [-0.2, 0) is 0 Å². The van der Waals surface area contributed by atoms with Crippen molar-refractivity contribution in [1.29, 1.82) is 0 Å². The van der Waals surface area contributed by atoms with Crippen LogP contribution in [0.2, 0.25) is 24.7 Å². The van der Waals surface area contributed by atoms with E-state index in [1.54, 1.807) is 0 Å². The molecule has 6 heteroatoms. The molecule has 0 aromatic heterocycles. The maximum absolute atomic E-state index is 6.20. The Morgan fingerprint density at radius 2 is 0.840 bits per heavy atom. The van der Waals surface area contributed by atoms with E-state index in [1.165, 1.54) is 77.0 Å². The summed E-state index contributed by atoms with van der Waals surface area (Å²) in [4.78, 5) is 0. The van der Waals surface area contributed by atoms with Crippen LogP contribution in [0, 0.1) is 0 Å². The maximum Gasteiger partial charge on any atom is 0.251 e. The molecule has 0 radical (unpaired) electrons. The van der Waals surface area contributed by atoms with Crippen LogP contribution in [0.1, 0.15) is 97.8 Å². The van der Waals surface area contributed by atoms with E-state index >= 15 is 0 Å². The highest BCUT2D eigenvalue weighted by molar-refractivity contribution is 7.45. The molecule has 0 N–H and O–H groups in total. The molecule has 0 aliphatic rings. The van der Waals surface area contributed by atoms with Gasteiger partial charge in [0.25, 0.3) is 6.69 Å². The minimum atomic E-state index is -1.80. The highest BCUT2D eigenvalue weighted by atomic mass is 35.7. The van der Waals surface area contributed by atoms with Gasteiger partial charge in [-0.15, -0.1) is 44.3 Å². The zero-order valence-electron chi connectivity index (χ0n) is 17.1. The number of hydrogen-bond acceptors (Lipinski definition) is 0. The fourth-order valence-corrected chi connectivity index (χ4v) is 7.83. The van der Waals surface area contributed by atoms with Crippen LogP contribution in [0.4, 0.5) is 0 Å². The standard InChI is InChI=1S/C11H24Cl2Si.C8H18Cl2Si/c1-3-4-5-6-7-8-9-10-11-14(2,12)13;1-3-5-7-11(9,10)8-6-4-2/h3-11H2,1-2H3;3-8H2,1-2H3. The normalized spacial score (nSPS) is 12.0. The fourth-order valence-electron chi connectivity index (χ4n) is 2.57. The van der Waals surface area contributed by atoms with Crippen molar-refractivity contribution in [1.82, 2.24) is 0 Å². The van der Waals surface area contributed by atoms with Crippen molar-refractivity contribution in [3.05, 3.63) is 0 Å². The predicted molar refractivity (Wildman–Crippen MR) is 128 cm³/mol. The lowest BCUT2D eigenvalue weighted by Crippen LogP contribution is -2.17. The van der Waals surface area contributed by atoms with E-state index in [1.807, 2.05) is 6.55 Å². The molecule has 0 heterocycles. The average molecular weight is 469 g/mol. The lowest BCUT2D eigenvalue weighted by Gasteiger charge is -2.14. The molecule has 0 fully saturated rings. The number of halogens is 4. The summed E-state index contributed by atoms with van der Waals surface area (Å²) in [5.74, 6) is 0. The van der Waals surface area contributed by atoms with Crippen LogP contribution in [0.5, 0.6) is 0 Å². The van der Waals surface area contributed by atoms with E-state index in [4.69, 9.17) is 44.3 Å². The first-order valence-electron chi connectivity index (χ1n) is 10.4. The van der Waals surface area contributed by atoms with Crippen molar-refractivity contribution in [3.8, 4) is 0 Å². The smallest absolute Gasteiger partial charge is 0.146 e. The summed E-state index contributed by atoms with van der Waals surface area (Å²) >= 11 is 24.4. The summed E-state index contributed by atoms with van der Waals surface area (Å²) < 4.78 is 0. The Balaban J connectivity index is 0. The Labute approximate surface area is 179 Å². The van der Waals surface area contributed by atoms with E-state index in [-0.39, 0.29) is 0 Å². The first-order valence-corrected chi connectivity index (χ1v) is 19.6. The van der Waals surface area contributed by atoms with Crippen molar-refractivity contribution in [3.63, 3.8) is 0 Å². The quantitative estimate of drug-likeness (QED) is 0.127. The van der Waals surface area contributed by atoms with E-state index in [0.717, 1.165) is 18.1 Å². The molecule has 0 unspecified atom stereocenters. The van der Waals surface area contributed by atoms with Gasteiger partial charge in [-0.1, -0.05) is 97.8 Å². The Bertz CT molecular complexity index is 259. The predicted octanol–water partition coefficient (Wildman–Crippen LogP) is 10.2. The molecule has 0 aliphatic heterocycles. The summed E-state index contributed by atoms with van der Waals surface area (Å²) in [6.07, 6.45) is 15.7. The summed E-state index contributed by atoms with van der Waals surface area (Å²) in [6.45, 7) is 5.03. The lowest BCUT2D eigenvalue weighted by atomic mass is 10.1. The van der Waals surface area contributed by atoms with Gasteiger partial charge in [0.05, 0.1) is 0 Å². The van der Waals surface area contributed by atoms with Crippen LogP contribution in [0.3, 0.4) is 0 Å². The Hall–Kier alpha value is 1.59. The third-order valence-electron chi connectivity index (χ3n) is 4.26. The van der Waals surface area contributed by atoms with E-state index in [9.17, 15) is 0 Å². The minimum Gasteiger partial charge on any atom is -0.146 e. The zero-order valence-corrected chi connectivity index (χ0v) is 22.1. The molecule has 25 heavy (non-hydrogen) atoms. The molecule has 0 saturated carbocycles. The number of rotatable bonds is 15. The molecule has 0 aromatic carbocycles. The second-order valence-electron chi connectivity index (χ2n) is 7.36. The SMILES string of the molecule is CCCCCCCCCC[Si](C)(Cl)Cl.CCCC[Si](Cl)(Cl)CCCC. The zero-order chi connectivity index (χ0) is 19.6. The van der Waals surface area contributed by atoms with Crippen molar-refractivity contribution < 1.29 is 0 Å². The van der Waals surface area contributed by atoms with Gasteiger partial charge in [0.2, 0.25) is 6.69 Å². The number of hydrogen-bond donors (Lipinski definition) is 0. The molecule has 0 rings (SSSR count). The van der Waals surface area contributed by atoms with Crippen LogP contribution >= 0.6 is 44.3 Å². The summed E-state index contributed by atoms with van der Waals surface area (Å²) in [7, 11) is 0. The Morgan fingerprint density at radius 1 is 0.480 bits per heavy atom. The second kappa shape index (κ2) is 18.9. The molecular formula is C19H42Cl4Si2. The fraction of sp³-hybridized carbons (Fsp3) is 1.00. The van der Waals surface area contributed by atoms with E-state index in [2.05, 4.69) is 20.8 Å². The molecule has 0 amide bonds. The molecule has 0 spiro atoms. The van der Waals surface area contributed by atoms with Crippen molar-refractivity contribution >= 4 is 57.7 Å². The van der Waals surface area contributed by atoms with Gasteiger partial charge in [-0.05, 0) is 24.7 Å². The average Bonchev–Trinajstić information content (AvgIpc) is 2.53. The van der Waals surface area contributed by atoms with Gasteiger partial charge in [0, 0.05) is 0 Å². The number of unbranched alkanes of at least 4 members (excludes halogenated alkanes) is 9. The summed E-state index contributed by atoms with van der Waals surface area (Å²) in [5, 5.41) is 0. The van der Waals surface area contributed by atoms with Gasteiger partial charge in [-0.3, -0.25) is 0 Å². The van der Waals surface area contributed by atoms with Gasteiger partial charge in [0.1, 0.15) is 0 Å². The molecule has 0 bridgehead atoms. The highest BCUT2D eigenvalue weighted by Gasteiger charge is 2.26. The maximum atomic E-state index is 6.20. The molecule has 0 saturated heterocycles. The lowest BCUT2D eigenvalue weighted by molar-refractivity contribution is 0.584. The van der Waals surface area contributed by atoms with Gasteiger partial charge in [0.15, 0.2) is 0 Å². The van der Waals surface area contributed by atoms with Gasteiger partial charge < -0.3 is 0 Å². The molecule has 0 nitrogen and oxygen atoms in total. The van der Waals surface area contributed by atoms with Gasteiger partial charge in [-0.25, -0.2) is 0 Å². The van der Waals surface area contributed by atoms with E-state index in [0.29, 0.717) is 0 Å². The summed E-state index contributed by atoms with van der Waals surface area (Å²) in [5.41, 5.74) is 0. The molecule has 154 valence electrons. The molecule has 0 atom stereocenters. The van der Waals surface area contributed by atoms with Crippen LogP contribution < -0.4 is 0 Å². The minimum absolute atomic E-state index is 1.06. The first-order chi connectivity index (χ1) is 11.7. The third-order valence-corrected chi connectivity index (χ3v) is 11.1. The largest absolute Gasteiger partial charge is 0.251 e. The van der Waals surface area contributed by atoms with Crippen molar-refractivity contribution in [2.75, 3.05) is 0 Å². The Morgan fingerprint density at radius 3 is 1.20 bits per heavy atom. The monoisotopic (exact) mass is 466 g/mol. The van der Waals surface area contributed by atoms with Gasteiger partial charge in [-0.2, -0.15) is 0 Å². The Kier molecular flexibility index (Phi) is 21.8.